The van der Waals surface area contributed by atoms with E-state index in [-0.39, 0.29) is 10.8 Å². The average molecular weight is 824 g/mol. The molecule has 0 saturated heterocycles. The summed E-state index contributed by atoms with van der Waals surface area (Å²) in [6, 6.07) is 65.6. The zero-order chi connectivity index (χ0) is 42.9. The lowest BCUT2D eigenvalue weighted by Crippen LogP contribution is -2.44. The van der Waals surface area contributed by atoms with E-state index >= 15 is 0 Å². The van der Waals surface area contributed by atoms with E-state index in [2.05, 4.69) is 219 Å². The minimum Gasteiger partial charge on any atom is -0.309 e. The molecule has 0 spiro atoms. The third-order valence-electron chi connectivity index (χ3n) is 15.0. The van der Waals surface area contributed by atoms with Crippen LogP contribution in [0.4, 0.5) is 0 Å². The molecule has 8 aromatic carbocycles. The number of fused-ring (bicyclic) bond motifs is 9. The maximum Gasteiger partial charge on any atom is 0.238 e. The number of hydrogen-bond acceptors (Lipinski definition) is 3. The van der Waals surface area contributed by atoms with E-state index in [0.29, 0.717) is 23.5 Å². The molecule has 2 unspecified atom stereocenters. The maximum atomic E-state index is 5.36. The maximum absolute atomic E-state index is 5.36. The fourth-order valence-corrected chi connectivity index (χ4v) is 11.5. The second-order valence-electron chi connectivity index (χ2n) is 18.8. The number of para-hydroxylation sites is 2. The van der Waals surface area contributed by atoms with E-state index in [1.165, 1.54) is 66.1 Å². The fourth-order valence-electron chi connectivity index (χ4n) is 11.5. The average Bonchev–Trinajstić information content (AvgIpc) is 3.86. The van der Waals surface area contributed by atoms with Crippen LogP contribution >= 0.6 is 0 Å². The van der Waals surface area contributed by atoms with Gasteiger partial charge in [0.1, 0.15) is 0 Å². The number of benzene rings is 8. The largest absolute Gasteiger partial charge is 0.309 e. The van der Waals surface area contributed by atoms with Crippen molar-refractivity contribution in [3.63, 3.8) is 0 Å². The second kappa shape index (κ2) is 13.4. The summed E-state index contributed by atoms with van der Waals surface area (Å²) >= 11 is 0. The van der Waals surface area contributed by atoms with E-state index in [9.17, 15) is 0 Å². The summed E-state index contributed by atoms with van der Waals surface area (Å²) < 4.78 is 4.84. The van der Waals surface area contributed by atoms with Crippen molar-refractivity contribution in [2.45, 2.75) is 44.9 Å². The molecule has 2 atom stereocenters. The van der Waals surface area contributed by atoms with Gasteiger partial charge in [0, 0.05) is 38.1 Å². The van der Waals surface area contributed by atoms with Crippen LogP contribution in [0.15, 0.2) is 182 Å². The molecule has 0 saturated carbocycles. The summed E-state index contributed by atoms with van der Waals surface area (Å²) in [5, 5.41) is 4.93. The van der Waals surface area contributed by atoms with Crippen molar-refractivity contribution >= 4 is 43.6 Å². The van der Waals surface area contributed by atoms with Crippen LogP contribution in [0.1, 0.15) is 50.8 Å². The van der Waals surface area contributed by atoms with Crippen LogP contribution < -0.4 is 0 Å². The van der Waals surface area contributed by atoms with Crippen LogP contribution in [-0.2, 0) is 10.8 Å². The lowest BCUT2D eigenvalue weighted by Gasteiger charge is -2.50. The van der Waals surface area contributed by atoms with Crippen molar-refractivity contribution in [3.8, 4) is 56.7 Å². The van der Waals surface area contributed by atoms with Gasteiger partial charge in [-0.3, -0.25) is 4.57 Å². The van der Waals surface area contributed by atoms with Gasteiger partial charge < -0.3 is 4.57 Å². The summed E-state index contributed by atoms with van der Waals surface area (Å²) in [7, 11) is 0. The molecule has 0 radical (unpaired) electrons. The highest BCUT2D eigenvalue weighted by atomic mass is 15.2. The predicted octanol–water partition coefficient (Wildman–Crippen LogP) is 14.7. The Labute approximate surface area is 372 Å². The zero-order valence-corrected chi connectivity index (χ0v) is 36.3. The van der Waals surface area contributed by atoms with Gasteiger partial charge in [-0.25, -0.2) is 4.98 Å². The summed E-state index contributed by atoms with van der Waals surface area (Å²) in [5.74, 6) is 2.36. The van der Waals surface area contributed by atoms with Crippen molar-refractivity contribution in [2.24, 2.45) is 5.92 Å². The lowest BCUT2D eigenvalue weighted by molar-refractivity contribution is 0.244. The quantitative estimate of drug-likeness (QED) is 0.174. The SMILES string of the molecule is CC1CC2(C)c3c(cccc3C1(C)C)-n1c3ccc4c(c5ccccc5n4-c4nc(-c5ccc(-c6ccccc6)cc5)nc(-c5ccc(-c6ccccc6)cc5)n4)c3c3cccc2c31. The van der Waals surface area contributed by atoms with Crippen LogP contribution in [-0.4, -0.2) is 24.1 Å². The Balaban J connectivity index is 1.07. The molecular formula is C59H45N5. The van der Waals surface area contributed by atoms with E-state index < -0.39 is 0 Å². The van der Waals surface area contributed by atoms with Gasteiger partial charge in [0.25, 0.3) is 0 Å². The highest BCUT2D eigenvalue weighted by molar-refractivity contribution is 6.29. The molecule has 1 aliphatic carbocycles. The number of rotatable bonds is 5. The van der Waals surface area contributed by atoms with Crippen molar-refractivity contribution in [1.29, 1.82) is 0 Å². The molecule has 64 heavy (non-hydrogen) atoms. The molecule has 5 heteroatoms. The highest BCUT2D eigenvalue weighted by Crippen LogP contribution is 2.58. The van der Waals surface area contributed by atoms with Gasteiger partial charge >= 0.3 is 0 Å². The Morgan fingerprint density at radius 2 is 0.938 bits per heavy atom. The molecule has 306 valence electrons. The molecule has 11 aromatic rings. The third-order valence-corrected chi connectivity index (χ3v) is 15.0. The Kier molecular flexibility index (Phi) is 7.76. The van der Waals surface area contributed by atoms with Crippen LogP contribution in [0.2, 0.25) is 0 Å². The molecule has 1 aliphatic heterocycles. The van der Waals surface area contributed by atoms with Gasteiger partial charge in [-0.2, -0.15) is 9.97 Å². The highest BCUT2D eigenvalue weighted by Gasteiger charge is 2.49. The number of hydrogen-bond donors (Lipinski definition) is 0. The van der Waals surface area contributed by atoms with Gasteiger partial charge in [0.2, 0.25) is 5.95 Å². The molecule has 2 aliphatic rings. The summed E-state index contributed by atoms with van der Waals surface area (Å²) in [4.78, 5) is 15.9. The van der Waals surface area contributed by atoms with Crippen LogP contribution in [0.5, 0.6) is 0 Å². The molecular weight excluding hydrogens is 779 g/mol. The van der Waals surface area contributed by atoms with Crippen LogP contribution in [0, 0.1) is 5.92 Å². The third kappa shape index (κ3) is 5.15. The molecule has 13 rings (SSSR count). The van der Waals surface area contributed by atoms with Crippen molar-refractivity contribution in [1.82, 2.24) is 24.1 Å². The minimum atomic E-state index is -0.103. The Morgan fingerprint density at radius 3 is 1.58 bits per heavy atom. The van der Waals surface area contributed by atoms with E-state index in [1.807, 2.05) is 0 Å². The Morgan fingerprint density at radius 1 is 0.438 bits per heavy atom. The Hall–Kier alpha value is -7.63. The van der Waals surface area contributed by atoms with Gasteiger partial charge in [-0.15, -0.1) is 0 Å². The molecule has 4 heterocycles. The Bertz CT molecular complexity index is 3570. The van der Waals surface area contributed by atoms with Gasteiger partial charge in [-0.1, -0.05) is 185 Å². The van der Waals surface area contributed by atoms with E-state index in [1.54, 1.807) is 0 Å². The second-order valence-corrected chi connectivity index (χ2v) is 18.8. The van der Waals surface area contributed by atoms with Gasteiger partial charge in [-0.05, 0) is 81.0 Å². The first kappa shape index (κ1) is 37.0. The molecule has 0 fully saturated rings. The molecule has 5 nitrogen and oxygen atoms in total. The van der Waals surface area contributed by atoms with Crippen molar-refractivity contribution in [3.05, 3.63) is 199 Å². The zero-order valence-electron chi connectivity index (χ0n) is 36.3. The first-order chi connectivity index (χ1) is 31.3. The number of nitrogens with zero attached hydrogens (tertiary/aromatic N) is 5. The molecule has 0 amide bonds. The lowest BCUT2D eigenvalue weighted by atomic mass is 9.54. The summed E-state index contributed by atoms with van der Waals surface area (Å²) in [6.45, 7) is 9.82. The smallest absolute Gasteiger partial charge is 0.238 e. The predicted molar refractivity (Wildman–Crippen MR) is 264 cm³/mol. The standard InChI is InChI=1S/C59H45N5/c1-36-35-59(4)46-22-13-20-44-52-48(63(54(44)46)50-24-14-21-45(53(50)59)58(36,2)3)33-34-49-51(52)43-19-11-12-23-47(43)64(49)57-61-55(41-29-25-39(26-30-41)37-15-7-5-8-16-37)60-56(62-57)42-31-27-40(28-32-42)38-17-9-6-10-18-38/h5-34,36H,35H2,1-4H3. The fraction of sp³-hybridized carbons (Fsp3) is 0.136. The molecule has 0 N–H and O–H groups in total. The first-order valence-corrected chi connectivity index (χ1v) is 22.5. The van der Waals surface area contributed by atoms with Crippen molar-refractivity contribution in [2.75, 3.05) is 0 Å². The number of aromatic nitrogens is 5. The van der Waals surface area contributed by atoms with Gasteiger partial charge in [0.15, 0.2) is 11.6 Å². The van der Waals surface area contributed by atoms with E-state index in [4.69, 9.17) is 15.0 Å². The minimum absolute atomic E-state index is 0.0655. The molecule has 3 aromatic heterocycles. The van der Waals surface area contributed by atoms with Crippen LogP contribution in [0.3, 0.4) is 0 Å². The first-order valence-electron chi connectivity index (χ1n) is 22.5. The summed E-state index contributed by atoms with van der Waals surface area (Å²) in [5.41, 5.74) is 16.8. The van der Waals surface area contributed by atoms with Crippen LogP contribution in [0.25, 0.3) is 100 Å². The van der Waals surface area contributed by atoms with Gasteiger partial charge in [0.05, 0.1) is 27.8 Å². The van der Waals surface area contributed by atoms with E-state index in [0.717, 1.165) is 39.7 Å². The van der Waals surface area contributed by atoms with Crippen molar-refractivity contribution < 1.29 is 0 Å². The topological polar surface area (TPSA) is 48.5 Å². The monoisotopic (exact) mass is 823 g/mol. The molecule has 0 bridgehead atoms. The normalized spacial score (nSPS) is 17.3. The summed E-state index contributed by atoms with van der Waals surface area (Å²) in [6.07, 6.45) is 1.10.